The van der Waals surface area contributed by atoms with Gasteiger partial charge in [-0.1, -0.05) is 18.2 Å². The number of para-hydroxylation sites is 1. The summed E-state index contributed by atoms with van der Waals surface area (Å²) in [6.07, 6.45) is 1.69. The second-order valence-electron chi connectivity index (χ2n) is 7.05. The van der Waals surface area contributed by atoms with E-state index in [-0.39, 0.29) is 18.0 Å². The number of anilines is 1. The summed E-state index contributed by atoms with van der Waals surface area (Å²) < 4.78 is 5.55. The van der Waals surface area contributed by atoms with Crippen LogP contribution in [0.5, 0.6) is 0 Å². The Labute approximate surface area is 152 Å². The Hall–Kier alpha value is -2.66. The van der Waals surface area contributed by atoms with Gasteiger partial charge in [0.05, 0.1) is 23.7 Å². The quantitative estimate of drug-likeness (QED) is 0.857. The zero-order valence-electron chi connectivity index (χ0n) is 15.2. The number of Topliss-reactive ketones (excluding diaryl/α,β-unsaturated/α-hetero) is 2. The van der Waals surface area contributed by atoms with Gasteiger partial charge in [0.25, 0.3) is 0 Å². The second-order valence-corrected chi connectivity index (χ2v) is 7.05. The van der Waals surface area contributed by atoms with E-state index in [0.717, 1.165) is 5.69 Å². The number of ketones is 2. The first-order chi connectivity index (χ1) is 12.3. The van der Waals surface area contributed by atoms with Crippen molar-refractivity contribution in [2.75, 3.05) is 5.32 Å². The highest BCUT2D eigenvalue weighted by atomic mass is 16.3. The molecule has 0 amide bonds. The molecule has 1 aromatic heterocycles. The van der Waals surface area contributed by atoms with Gasteiger partial charge in [-0.3, -0.25) is 9.59 Å². The van der Waals surface area contributed by atoms with E-state index in [0.29, 0.717) is 17.0 Å². The lowest BCUT2D eigenvalue weighted by Gasteiger charge is -2.42. The normalized spacial score (nSPS) is 25.8. The zero-order chi connectivity index (χ0) is 18.9. The van der Waals surface area contributed by atoms with Crippen molar-refractivity contribution in [1.82, 2.24) is 0 Å². The molecule has 0 aliphatic heterocycles. The van der Waals surface area contributed by atoms with Crippen molar-refractivity contribution < 1.29 is 19.1 Å². The minimum Gasteiger partial charge on any atom is -0.469 e. The van der Waals surface area contributed by atoms with Gasteiger partial charge in [-0.25, -0.2) is 0 Å². The van der Waals surface area contributed by atoms with Crippen LogP contribution in [0, 0.1) is 5.92 Å². The number of furan rings is 1. The largest absolute Gasteiger partial charge is 0.469 e. The van der Waals surface area contributed by atoms with Crippen LogP contribution in [0.25, 0.3) is 0 Å². The van der Waals surface area contributed by atoms with Gasteiger partial charge in [0.1, 0.15) is 11.5 Å². The molecule has 1 aromatic carbocycles. The molecule has 1 aliphatic carbocycles. The Kier molecular flexibility index (Phi) is 4.83. The number of carbonyl (C=O) groups excluding carboxylic acids is 2. The molecule has 0 spiro atoms. The fourth-order valence-electron chi connectivity index (χ4n) is 3.96. The summed E-state index contributed by atoms with van der Waals surface area (Å²) in [5.41, 5.74) is 0.610. The Morgan fingerprint density at radius 3 is 2.38 bits per heavy atom. The number of aliphatic hydroxyl groups is 1. The standard InChI is InChI=1S/C21H23NO4/c1-13(23)18-16(22-15-8-5-4-6-9-15)12-21(3,25)20(14(2)24)19(18)17-10-7-11-26-17/h4-11,19-20,22,25H,12H2,1-3H3/t19-,20-,21-/m1/s1. The molecular weight excluding hydrogens is 330 g/mol. The van der Waals surface area contributed by atoms with Gasteiger partial charge in [0.2, 0.25) is 0 Å². The molecule has 0 fully saturated rings. The summed E-state index contributed by atoms with van der Waals surface area (Å²) in [6.45, 7) is 4.57. The maximum absolute atomic E-state index is 12.6. The van der Waals surface area contributed by atoms with Crippen molar-refractivity contribution in [2.24, 2.45) is 5.92 Å². The van der Waals surface area contributed by atoms with Crippen LogP contribution in [0.2, 0.25) is 0 Å². The Morgan fingerprint density at radius 1 is 1.15 bits per heavy atom. The van der Waals surface area contributed by atoms with E-state index in [1.165, 1.54) is 20.1 Å². The van der Waals surface area contributed by atoms with E-state index in [2.05, 4.69) is 5.32 Å². The average Bonchev–Trinajstić information content (AvgIpc) is 3.07. The van der Waals surface area contributed by atoms with E-state index < -0.39 is 17.4 Å². The zero-order valence-corrected chi connectivity index (χ0v) is 15.2. The highest BCUT2D eigenvalue weighted by Gasteiger charge is 2.50. The van der Waals surface area contributed by atoms with Gasteiger partial charge in [0, 0.05) is 23.4 Å². The van der Waals surface area contributed by atoms with Crippen LogP contribution in [0.1, 0.15) is 38.9 Å². The summed E-state index contributed by atoms with van der Waals surface area (Å²) in [5, 5.41) is 14.3. The number of carbonyl (C=O) groups is 2. The van der Waals surface area contributed by atoms with Crippen molar-refractivity contribution in [1.29, 1.82) is 0 Å². The molecular formula is C21H23NO4. The number of benzene rings is 1. The van der Waals surface area contributed by atoms with E-state index >= 15 is 0 Å². The van der Waals surface area contributed by atoms with Gasteiger partial charge in [0.15, 0.2) is 5.78 Å². The molecule has 26 heavy (non-hydrogen) atoms. The number of rotatable bonds is 5. The first-order valence-corrected chi connectivity index (χ1v) is 8.63. The van der Waals surface area contributed by atoms with Crippen molar-refractivity contribution in [3.63, 3.8) is 0 Å². The predicted octanol–water partition coefficient (Wildman–Crippen LogP) is 3.68. The molecule has 2 N–H and O–H groups in total. The van der Waals surface area contributed by atoms with E-state index in [4.69, 9.17) is 4.42 Å². The van der Waals surface area contributed by atoms with Crippen LogP contribution in [-0.4, -0.2) is 22.3 Å². The summed E-state index contributed by atoms with van der Waals surface area (Å²) in [6, 6.07) is 12.9. The minimum atomic E-state index is -1.31. The van der Waals surface area contributed by atoms with Gasteiger partial charge in [-0.2, -0.15) is 0 Å². The molecule has 0 saturated heterocycles. The van der Waals surface area contributed by atoms with Gasteiger partial charge < -0.3 is 14.8 Å². The topological polar surface area (TPSA) is 79.5 Å². The van der Waals surface area contributed by atoms with Gasteiger partial charge >= 0.3 is 0 Å². The van der Waals surface area contributed by atoms with Crippen LogP contribution >= 0.6 is 0 Å². The summed E-state index contributed by atoms with van der Waals surface area (Å²) in [7, 11) is 0. The summed E-state index contributed by atoms with van der Waals surface area (Å²) in [5.74, 6) is -1.20. The lowest BCUT2D eigenvalue weighted by atomic mass is 9.65. The Morgan fingerprint density at radius 2 is 1.85 bits per heavy atom. The first-order valence-electron chi connectivity index (χ1n) is 8.63. The molecule has 0 radical (unpaired) electrons. The molecule has 0 saturated carbocycles. The number of hydrogen-bond acceptors (Lipinski definition) is 5. The maximum atomic E-state index is 12.6. The Balaban J connectivity index is 2.18. The average molecular weight is 353 g/mol. The SMILES string of the molecule is CC(=O)C1=C(Nc2ccccc2)C[C@@](C)(O)[C@H](C(C)=O)[C@@H]1c1ccco1. The summed E-state index contributed by atoms with van der Waals surface area (Å²) in [4.78, 5) is 24.9. The monoisotopic (exact) mass is 353 g/mol. The van der Waals surface area contributed by atoms with Crippen LogP contribution < -0.4 is 5.32 Å². The lowest BCUT2D eigenvalue weighted by Crippen LogP contribution is -2.48. The Bertz CT molecular complexity index is 834. The molecule has 1 aliphatic rings. The molecule has 1 heterocycles. The molecule has 136 valence electrons. The number of hydrogen-bond donors (Lipinski definition) is 2. The van der Waals surface area contributed by atoms with Crippen molar-refractivity contribution in [3.05, 3.63) is 65.8 Å². The number of nitrogens with one attached hydrogen (secondary N) is 1. The first kappa shape index (κ1) is 18.1. The third kappa shape index (κ3) is 3.35. The van der Waals surface area contributed by atoms with E-state index in [9.17, 15) is 14.7 Å². The van der Waals surface area contributed by atoms with Crippen molar-refractivity contribution in [3.8, 4) is 0 Å². The molecule has 3 atom stereocenters. The smallest absolute Gasteiger partial charge is 0.158 e. The maximum Gasteiger partial charge on any atom is 0.158 e. The molecule has 5 heteroatoms. The van der Waals surface area contributed by atoms with Crippen LogP contribution in [0.15, 0.2) is 64.4 Å². The van der Waals surface area contributed by atoms with Crippen LogP contribution in [0.3, 0.4) is 0 Å². The molecule has 0 bridgehead atoms. The van der Waals surface area contributed by atoms with Crippen LogP contribution in [-0.2, 0) is 9.59 Å². The van der Waals surface area contributed by atoms with Crippen molar-refractivity contribution in [2.45, 2.75) is 38.7 Å². The fraction of sp³-hybridized carbons (Fsp3) is 0.333. The lowest BCUT2D eigenvalue weighted by molar-refractivity contribution is -0.131. The van der Waals surface area contributed by atoms with Gasteiger partial charge in [-0.15, -0.1) is 0 Å². The number of allylic oxidation sites excluding steroid dienone is 1. The minimum absolute atomic E-state index is 0.147. The highest BCUT2D eigenvalue weighted by Crippen LogP contribution is 2.47. The van der Waals surface area contributed by atoms with Crippen molar-refractivity contribution >= 4 is 17.3 Å². The summed E-state index contributed by atoms with van der Waals surface area (Å²) >= 11 is 0. The fourth-order valence-corrected chi connectivity index (χ4v) is 3.96. The third-order valence-electron chi connectivity index (χ3n) is 4.91. The molecule has 2 aromatic rings. The molecule has 0 unspecified atom stereocenters. The molecule has 3 rings (SSSR count). The van der Waals surface area contributed by atoms with Crippen LogP contribution in [0.4, 0.5) is 5.69 Å². The predicted molar refractivity (Wildman–Crippen MR) is 98.6 cm³/mol. The highest BCUT2D eigenvalue weighted by molar-refractivity contribution is 5.98. The van der Waals surface area contributed by atoms with E-state index in [1.54, 1.807) is 19.1 Å². The second kappa shape index (κ2) is 6.92. The van der Waals surface area contributed by atoms with E-state index in [1.807, 2.05) is 30.3 Å². The molecule has 5 nitrogen and oxygen atoms in total. The van der Waals surface area contributed by atoms with Gasteiger partial charge in [-0.05, 0) is 45.0 Å². The third-order valence-corrected chi connectivity index (χ3v) is 4.91.